The van der Waals surface area contributed by atoms with Gasteiger partial charge in [-0.1, -0.05) is 11.2 Å². The number of carbonyl (C=O) groups is 1. The lowest BCUT2D eigenvalue weighted by molar-refractivity contribution is 0.112. The van der Waals surface area contributed by atoms with E-state index in [1.54, 1.807) is 6.07 Å². The first-order valence-corrected chi connectivity index (χ1v) is 11.2. The van der Waals surface area contributed by atoms with E-state index in [1.807, 2.05) is 4.90 Å². The zero-order valence-electron chi connectivity index (χ0n) is 19.1. The quantitative estimate of drug-likeness (QED) is 0.355. The molecule has 0 spiro atoms. The smallest absolute Gasteiger partial charge is 0.263 e. The van der Waals surface area contributed by atoms with Crippen LogP contribution < -0.4 is 4.90 Å². The lowest BCUT2D eigenvalue weighted by Crippen LogP contribution is -2.34. The highest BCUT2D eigenvalue weighted by atomic mass is 19.1. The van der Waals surface area contributed by atoms with Gasteiger partial charge in [-0.2, -0.15) is 4.98 Å². The van der Waals surface area contributed by atoms with Crippen molar-refractivity contribution in [1.29, 1.82) is 0 Å². The molecule has 0 unspecified atom stereocenters. The Kier molecular flexibility index (Phi) is 5.74. The number of piperidine rings is 1. The fourth-order valence-corrected chi connectivity index (χ4v) is 4.37. The number of anilines is 1. The average molecular weight is 481 g/mol. The zero-order valence-corrected chi connectivity index (χ0v) is 19.1. The van der Waals surface area contributed by atoms with Crippen molar-refractivity contribution in [2.75, 3.05) is 18.0 Å². The van der Waals surface area contributed by atoms with Crippen LogP contribution in [0.5, 0.6) is 0 Å². The Labute approximate surface area is 199 Å². The second kappa shape index (κ2) is 8.75. The molecular formula is C25H22F3N5O2. The van der Waals surface area contributed by atoms with Crippen molar-refractivity contribution < 1.29 is 22.5 Å². The van der Waals surface area contributed by atoms with Crippen LogP contribution in [0.3, 0.4) is 0 Å². The summed E-state index contributed by atoms with van der Waals surface area (Å²) in [4.78, 5) is 25.8. The highest BCUT2D eigenvalue weighted by Crippen LogP contribution is 2.36. The summed E-state index contributed by atoms with van der Waals surface area (Å²) in [7, 11) is 0. The van der Waals surface area contributed by atoms with Gasteiger partial charge in [0.2, 0.25) is 0 Å². The summed E-state index contributed by atoms with van der Waals surface area (Å²) in [5, 5.41) is 4.19. The molecule has 35 heavy (non-hydrogen) atoms. The van der Waals surface area contributed by atoms with E-state index in [0.717, 1.165) is 0 Å². The highest BCUT2D eigenvalue weighted by Gasteiger charge is 2.31. The third kappa shape index (κ3) is 4.24. The number of carbonyl (C=O) groups excluding carboxylic acids is 1. The van der Waals surface area contributed by atoms with E-state index in [-0.39, 0.29) is 22.8 Å². The van der Waals surface area contributed by atoms with Gasteiger partial charge in [-0.15, -0.1) is 0 Å². The van der Waals surface area contributed by atoms with Crippen molar-refractivity contribution in [1.82, 2.24) is 20.1 Å². The fourth-order valence-electron chi connectivity index (χ4n) is 4.37. The van der Waals surface area contributed by atoms with Crippen LogP contribution in [0.25, 0.3) is 22.0 Å². The predicted molar refractivity (Wildman–Crippen MR) is 123 cm³/mol. The van der Waals surface area contributed by atoms with Crippen LogP contribution in [0.15, 0.2) is 41.2 Å². The number of nitrogens with zero attached hydrogens (tertiary/aromatic N) is 5. The molecule has 0 atom stereocenters. The number of benzene rings is 2. The Balaban J connectivity index is 1.45. The number of hydrogen-bond acceptors (Lipinski definition) is 7. The van der Waals surface area contributed by atoms with Gasteiger partial charge < -0.3 is 9.42 Å². The first kappa shape index (κ1) is 22.9. The van der Waals surface area contributed by atoms with Crippen molar-refractivity contribution in [3.63, 3.8) is 0 Å². The van der Waals surface area contributed by atoms with Crippen LogP contribution in [-0.4, -0.2) is 39.5 Å². The van der Waals surface area contributed by atoms with E-state index in [9.17, 15) is 13.6 Å². The number of rotatable bonds is 5. The molecule has 0 saturated carbocycles. The lowest BCUT2D eigenvalue weighted by Gasteiger charge is -2.32. The van der Waals surface area contributed by atoms with E-state index >= 15 is 4.39 Å². The molecule has 0 radical (unpaired) electrons. The molecular weight excluding hydrogens is 459 g/mol. The Morgan fingerprint density at radius 2 is 1.86 bits per heavy atom. The molecule has 7 nitrogen and oxygen atoms in total. The molecule has 5 rings (SSSR count). The summed E-state index contributed by atoms with van der Waals surface area (Å²) < 4.78 is 48.5. The molecule has 0 N–H and O–H groups in total. The van der Waals surface area contributed by atoms with Crippen molar-refractivity contribution >= 4 is 23.0 Å². The highest BCUT2D eigenvalue weighted by molar-refractivity contribution is 6.00. The van der Waals surface area contributed by atoms with E-state index in [4.69, 9.17) is 4.52 Å². The van der Waals surface area contributed by atoms with Gasteiger partial charge in [0.15, 0.2) is 17.8 Å². The summed E-state index contributed by atoms with van der Waals surface area (Å²) in [6, 6.07) is 7.07. The summed E-state index contributed by atoms with van der Waals surface area (Å²) in [6.45, 7) is 3.82. The van der Waals surface area contributed by atoms with E-state index in [2.05, 4.69) is 20.1 Å². The first-order valence-electron chi connectivity index (χ1n) is 11.2. The second-order valence-electron chi connectivity index (χ2n) is 9.06. The first-order chi connectivity index (χ1) is 16.8. The van der Waals surface area contributed by atoms with Gasteiger partial charge in [0.25, 0.3) is 5.89 Å². The van der Waals surface area contributed by atoms with Crippen molar-refractivity contribution in [2.24, 2.45) is 0 Å². The van der Waals surface area contributed by atoms with Gasteiger partial charge in [-0.25, -0.2) is 23.1 Å². The van der Waals surface area contributed by atoms with Gasteiger partial charge >= 0.3 is 0 Å². The van der Waals surface area contributed by atoms with Gasteiger partial charge in [0.1, 0.15) is 23.8 Å². The normalized spacial score (nSPS) is 15.1. The van der Waals surface area contributed by atoms with E-state index in [1.165, 1.54) is 44.4 Å². The SMILES string of the molecule is CC(C)(F)c1nc(C2CCN(c3ncnc4c(-c5ccc(C=O)c(F)c5)ccc(F)c34)CC2)no1. The molecule has 0 amide bonds. The zero-order chi connectivity index (χ0) is 24.7. The molecule has 180 valence electrons. The van der Waals surface area contributed by atoms with Gasteiger partial charge in [-0.05, 0) is 56.5 Å². The van der Waals surface area contributed by atoms with Crippen LogP contribution in [0.4, 0.5) is 19.0 Å². The van der Waals surface area contributed by atoms with Crippen LogP contribution >= 0.6 is 0 Å². The number of hydrogen-bond donors (Lipinski definition) is 0. The largest absolute Gasteiger partial charge is 0.356 e. The molecule has 4 aromatic rings. The fraction of sp³-hybridized carbons (Fsp3) is 0.320. The van der Waals surface area contributed by atoms with Crippen LogP contribution in [0.2, 0.25) is 0 Å². The maximum atomic E-state index is 15.1. The summed E-state index contributed by atoms with van der Waals surface area (Å²) in [5.74, 6) is -0.307. The summed E-state index contributed by atoms with van der Waals surface area (Å²) >= 11 is 0. The Morgan fingerprint density at radius 3 is 2.51 bits per heavy atom. The van der Waals surface area contributed by atoms with Crippen molar-refractivity contribution in [2.45, 2.75) is 38.3 Å². The topological polar surface area (TPSA) is 85.0 Å². The minimum Gasteiger partial charge on any atom is -0.356 e. The second-order valence-corrected chi connectivity index (χ2v) is 9.06. The van der Waals surface area contributed by atoms with Crippen molar-refractivity contribution in [3.8, 4) is 11.1 Å². The molecule has 1 fully saturated rings. The number of alkyl halides is 1. The van der Waals surface area contributed by atoms with E-state index in [0.29, 0.717) is 60.5 Å². The molecule has 0 bridgehead atoms. The maximum Gasteiger partial charge on any atom is 0.263 e. The van der Waals surface area contributed by atoms with Crippen LogP contribution in [0, 0.1) is 11.6 Å². The standard InChI is InChI=1S/C25H22F3N5O2/c1-25(2,28)24-31-22(32-35-24)14-7-9-33(10-8-14)23-20-18(26)6-5-17(21(20)29-13-30-23)15-3-4-16(12-34)19(27)11-15/h3-6,11-14H,7-10H2,1-2H3. The Bertz CT molecular complexity index is 1410. The average Bonchev–Trinajstić information content (AvgIpc) is 3.35. The molecule has 2 aromatic carbocycles. The molecule has 2 aromatic heterocycles. The minimum absolute atomic E-state index is 0.0149. The molecule has 10 heteroatoms. The monoisotopic (exact) mass is 481 g/mol. The lowest BCUT2D eigenvalue weighted by atomic mass is 9.95. The summed E-state index contributed by atoms with van der Waals surface area (Å²) in [6.07, 6.45) is 3.10. The van der Waals surface area contributed by atoms with Crippen molar-refractivity contribution in [3.05, 3.63) is 65.6 Å². The third-order valence-electron chi connectivity index (χ3n) is 6.27. The Hall–Kier alpha value is -3.82. The predicted octanol–water partition coefficient (Wildman–Crippen LogP) is 5.36. The maximum absolute atomic E-state index is 15.1. The van der Waals surface area contributed by atoms with Gasteiger partial charge in [0, 0.05) is 24.6 Å². The van der Waals surface area contributed by atoms with Crippen LogP contribution in [0.1, 0.15) is 54.7 Å². The number of fused-ring (bicyclic) bond motifs is 1. The molecule has 1 aliphatic heterocycles. The number of aldehydes is 1. The molecule has 3 heterocycles. The van der Waals surface area contributed by atoms with Crippen LogP contribution in [-0.2, 0) is 5.67 Å². The molecule has 0 aliphatic carbocycles. The third-order valence-corrected chi connectivity index (χ3v) is 6.27. The number of aromatic nitrogens is 4. The molecule has 1 aliphatic rings. The van der Waals surface area contributed by atoms with E-state index < -0.39 is 17.3 Å². The molecule has 1 saturated heterocycles. The summed E-state index contributed by atoms with van der Waals surface area (Å²) in [5.41, 5.74) is -0.405. The Morgan fingerprint density at radius 1 is 1.09 bits per heavy atom. The minimum atomic E-state index is -1.71. The van der Waals surface area contributed by atoms with Gasteiger partial charge in [0.05, 0.1) is 16.5 Å². The number of halogens is 3. The van der Waals surface area contributed by atoms with Gasteiger partial charge in [-0.3, -0.25) is 4.79 Å².